The maximum Gasteiger partial charge on any atom is 0.315 e. The van der Waals surface area contributed by atoms with Gasteiger partial charge < -0.3 is 16.0 Å². The lowest BCUT2D eigenvalue weighted by atomic mass is 9.88. The quantitative estimate of drug-likeness (QED) is 0.481. The average Bonchev–Trinajstić information content (AvgIpc) is 3.37. The molecule has 0 bridgehead atoms. The minimum Gasteiger partial charge on any atom is -0.347 e. The molecule has 2 aliphatic heterocycles. The standard InChI is InChI=1S/C21H28FN3O2S/c22-15-9-7-14(8-10-15)21(11-3-4-12-21)25-18(26)6-2-1-5-17-19-16(13-28-17)23-20(27)24-19/h7-10,16-17,19H,1-6,11-13H2,(H,25,26)(H2,23,24,27)/t16-,17-,19-/m1/s1. The monoisotopic (exact) mass is 405 g/mol. The number of urea groups is 1. The fourth-order valence-electron chi connectivity index (χ4n) is 4.84. The van der Waals surface area contributed by atoms with Crippen LogP contribution >= 0.6 is 11.8 Å². The Morgan fingerprint density at radius 2 is 1.93 bits per heavy atom. The van der Waals surface area contributed by atoms with Gasteiger partial charge in [-0.3, -0.25) is 4.79 Å². The molecule has 2 heterocycles. The van der Waals surface area contributed by atoms with E-state index < -0.39 is 0 Å². The first-order valence-corrected chi connectivity index (χ1v) is 11.4. The normalized spacial score (nSPS) is 27.9. The third kappa shape index (κ3) is 4.14. The molecule has 3 atom stereocenters. The van der Waals surface area contributed by atoms with E-state index in [4.69, 9.17) is 0 Å². The fraction of sp³-hybridized carbons (Fsp3) is 0.619. The van der Waals surface area contributed by atoms with Crippen molar-refractivity contribution in [2.75, 3.05) is 5.75 Å². The topological polar surface area (TPSA) is 70.2 Å². The number of halogens is 1. The van der Waals surface area contributed by atoms with Crippen LogP contribution in [0.4, 0.5) is 9.18 Å². The summed E-state index contributed by atoms with van der Waals surface area (Å²) in [5.41, 5.74) is 0.677. The van der Waals surface area contributed by atoms with Crippen LogP contribution in [-0.2, 0) is 10.3 Å². The highest BCUT2D eigenvalue weighted by Crippen LogP contribution is 2.39. The number of hydrogen-bond acceptors (Lipinski definition) is 3. The molecular weight excluding hydrogens is 377 g/mol. The lowest BCUT2D eigenvalue weighted by Gasteiger charge is -2.31. The number of carbonyl (C=O) groups is 2. The number of nitrogens with one attached hydrogen (secondary N) is 3. The maximum absolute atomic E-state index is 13.3. The number of unbranched alkanes of at least 4 members (excludes halogenated alkanes) is 1. The predicted molar refractivity (Wildman–Crippen MR) is 109 cm³/mol. The average molecular weight is 406 g/mol. The number of carbonyl (C=O) groups excluding carboxylic acids is 2. The smallest absolute Gasteiger partial charge is 0.315 e. The summed E-state index contributed by atoms with van der Waals surface area (Å²) in [6.07, 6.45) is 7.35. The molecule has 5 nitrogen and oxygen atoms in total. The fourth-order valence-corrected chi connectivity index (χ4v) is 6.38. The van der Waals surface area contributed by atoms with Crippen LogP contribution in [0.3, 0.4) is 0 Å². The van der Waals surface area contributed by atoms with Crippen molar-refractivity contribution in [3.8, 4) is 0 Å². The van der Waals surface area contributed by atoms with E-state index in [0.29, 0.717) is 11.7 Å². The third-order valence-electron chi connectivity index (χ3n) is 6.31. The highest BCUT2D eigenvalue weighted by Gasteiger charge is 2.42. The molecule has 152 valence electrons. The van der Waals surface area contributed by atoms with Gasteiger partial charge in [-0.05, 0) is 43.4 Å². The van der Waals surface area contributed by atoms with Crippen LogP contribution in [0.5, 0.6) is 0 Å². The Morgan fingerprint density at radius 1 is 1.18 bits per heavy atom. The Balaban J connectivity index is 1.24. The minimum absolute atomic E-state index is 0.0534. The van der Waals surface area contributed by atoms with E-state index in [0.717, 1.165) is 56.3 Å². The zero-order valence-electron chi connectivity index (χ0n) is 16.0. The van der Waals surface area contributed by atoms with Crippen molar-refractivity contribution in [1.82, 2.24) is 16.0 Å². The van der Waals surface area contributed by atoms with Crippen molar-refractivity contribution in [2.45, 2.75) is 74.2 Å². The van der Waals surface area contributed by atoms with Crippen LogP contribution in [0.15, 0.2) is 24.3 Å². The predicted octanol–water partition coefficient (Wildman–Crippen LogP) is 3.44. The summed E-state index contributed by atoms with van der Waals surface area (Å²) in [6.45, 7) is 0. The van der Waals surface area contributed by atoms with Gasteiger partial charge in [-0.25, -0.2) is 9.18 Å². The first-order chi connectivity index (χ1) is 13.6. The van der Waals surface area contributed by atoms with E-state index in [2.05, 4.69) is 16.0 Å². The molecule has 1 saturated carbocycles. The zero-order valence-corrected chi connectivity index (χ0v) is 16.8. The molecule has 0 unspecified atom stereocenters. The Bertz CT molecular complexity index is 721. The Labute approximate surface area is 169 Å². The number of hydrogen-bond donors (Lipinski definition) is 3. The van der Waals surface area contributed by atoms with Gasteiger partial charge in [0.1, 0.15) is 5.82 Å². The second-order valence-electron chi connectivity index (χ2n) is 8.21. The molecule has 1 aromatic carbocycles. The van der Waals surface area contributed by atoms with Crippen molar-refractivity contribution in [2.24, 2.45) is 0 Å². The van der Waals surface area contributed by atoms with Crippen LogP contribution < -0.4 is 16.0 Å². The Hall–Kier alpha value is -1.76. The van der Waals surface area contributed by atoms with Crippen LogP contribution in [0.2, 0.25) is 0 Å². The molecule has 28 heavy (non-hydrogen) atoms. The lowest BCUT2D eigenvalue weighted by molar-refractivity contribution is -0.123. The number of thioether (sulfide) groups is 1. The molecule has 0 spiro atoms. The van der Waals surface area contributed by atoms with E-state index in [1.54, 1.807) is 12.1 Å². The van der Waals surface area contributed by atoms with Crippen molar-refractivity contribution in [3.63, 3.8) is 0 Å². The van der Waals surface area contributed by atoms with Gasteiger partial charge in [0.05, 0.1) is 17.6 Å². The van der Waals surface area contributed by atoms with E-state index in [-0.39, 0.29) is 35.4 Å². The molecular formula is C21H28FN3O2S. The van der Waals surface area contributed by atoms with Crippen LogP contribution in [0.25, 0.3) is 0 Å². The van der Waals surface area contributed by atoms with Gasteiger partial charge in [0.2, 0.25) is 5.91 Å². The van der Waals surface area contributed by atoms with Crippen LogP contribution in [0.1, 0.15) is 56.9 Å². The lowest BCUT2D eigenvalue weighted by Crippen LogP contribution is -2.43. The van der Waals surface area contributed by atoms with E-state index in [9.17, 15) is 14.0 Å². The van der Waals surface area contributed by atoms with E-state index in [1.807, 2.05) is 11.8 Å². The largest absolute Gasteiger partial charge is 0.347 e. The Morgan fingerprint density at radius 3 is 2.68 bits per heavy atom. The van der Waals surface area contributed by atoms with Gasteiger partial charge in [-0.15, -0.1) is 0 Å². The molecule has 3 N–H and O–H groups in total. The molecule has 3 aliphatic rings. The third-order valence-corrected chi connectivity index (χ3v) is 7.82. The molecule has 0 radical (unpaired) electrons. The van der Waals surface area contributed by atoms with Gasteiger partial charge in [-0.1, -0.05) is 31.4 Å². The van der Waals surface area contributed by atoms with E-state index >= 15 is 0 Å². The first kappa shape index (κ1) is 19.6. The highest BCUT2D eigenvalue weighted by atomic mass is 32.2. The number of benzene rings is 1. The molecule has 1 aromatic rings. The van der Waals surface area contributed by atoms with E-state index in [1.165, 1.54) is 12.1 Å². The van der Waals surface area contributed by atoms with Crippen molar-refractivity contribution in [3.05, 3.63) is 35.6 Å². The second kappa shape index (κ2) is 8.31. The van der Waals surface area contributed by atoms with Gasteiger partial charge in [0.25, 0.3) is 0 Å². The highest BCUT2D eigenvalue weighted by molar-refractivity contribution is 8.00. The van der Waals surface area contributed by atoms with Gasteiger partial charge in [-0.2, -0.15) is 11.8 Å². The molecule has 3 amide bonds. The molecule has 2 saturated heterocycles. The maximum atomic E-state index is 13.3. The van der Waals surface area contributed by atoms with Crippen molar-refractivity contribution in [1.29, 1.82) is 0 Å². The van der Waals surface area contributed by atoms with Crippen molar-refractivity contribution < 1.29 is 14.0 Å². The van der Waals surface area contributed by atoms with Crippen molar-refractivity contribution >= 4 is 23.7 Å². The first-order valence-electron chi connectivity index (χ1n) is 10.3. The van der Waals surface area contributed by atoms with Gasteiger partial charge >= 0.3 is 6.03 Å². The summed E-state index contributed by atoms with van der Waals surface area (Å²) in [6, 6.07) is 6.99. The SMILES string of the molecule is O=C(CCCC[C@H]1SC[C@H]2NC(=O)N[C@H]21)NC1(c2ccc(F)cc2)CCCC1. The summed E-state index contributed by atoms with van der Waals surface area (Å²) >= 11 is 1.91. The summed E-state index contributed by atoms with van der Waals surface area (Å²) in [4.78, 5) is 24.1. The molecule has 1 aliphatic carbocycles. The summed E-state index contributed by atoms with van der Waals surface area (Å²) in [5, 5.41) is 9.68. The van der Waals surface area contributed by atoms with Gasteiger partial charge in [0, 0.05) is 17.4 Å². The summed E-state index contributed by atoms with van der Waals surface area (Å²) < 4.78 is 13.3. The summed E-state index contributed by atoms with van der Waals surface area (Å²) in [5.74, 6) is 0.803. The minimum atomic E-state index is -0.334. The van der Waals surface area contributed by atoms with Crippen LogP contribution in [0, 0.1) is 5.82 Å². The molecule has 4 rings (SSSR count). The molecule has 7 heteroatoms. The molecule has 0 aromatic heterocycles. The Kier molecular flexibility index (Phi) is 5.80. The summed E-state index contributed by atoms with van der Waals surface area (Å²) in [7, 11) is 0. The number of rotatable bonds is 7. The molecule has 3 fully saturated rings. The van der Waals surface area contributed by atoms with Crippen LogP contribution in [-0.4, -0.2) is 35.0 Å². The number of fused-ring (bicyclic) bond motifs is 1. The second-order valence-corrected chi connectivity index (χ2v) is 9.48. The number of amides is 3. The zero-order chi connectivity index (χ0) is 19.6. The van der Waals surface area contributed by atoms with Gasteiger partial charge in [0.15, 0.2) is 0 Å².